The summed E-state index contributed by atoms with van der Waals surface area (Å²) in [5, 5.41) is 1.27. The normalized spacial score (nSPS) is 17.7. The van der Waals surface area contributed by atoms with Crippen LogP contribution >= 0.6 is 12.6 Å². The second-order valence-electron chi connectivity index (χ2n) is 7.84. The predicted molar refractivity (Wildman–Crippen MR) is 125 cm³/mol. The SMILES string of the molecule is C=C/C(CC)=C(C)\C=C(/C)c1nc2cc(S)c(C)c3c2c(c1CC)C(N)CC3. The number of hydrogen-bond acceptors (Lipinski definition) is 3. The van der Waals surface area contributed by atoms with Crippen molar-refractivity contribution in [1.29, 1.82) is 0 Å². The summed E-state index contributed by atoms with van der Waals surface area (Å²) >= 11 is 4.72. The second kappa shape index (κ2) is 8.26. The summed E-state index contributed by atoms with van der Waals surface area (Å²) in [4.78, 5) is 6.15. The minimum atomic E-state index is 0.0701. The van der Waals surface area contributed by atoms with Crippen molar-refractivity contribution in [1.82, 2.24) is 4.98 Å². The Hall–Kier alpha value is -1.84. The molecular weight excluding hydrogens is 360 g/mol. The molecule has 1 aromatic carbocycles. The molecule has 0 spiro atoms. The van der Waals surface area contributed by atoms with Gasteiger partial charge in [-0.3, -0.25) is 0 Å². The molecule has 1 unspecified atom stereocenters. The monoisotopic (exact) mass is 392 g/mol. The highest BCUT2D eigenvalue weighted by Crippen LogP contribution is 2.41. The number of pyridine rings is 1. The van der Waals surface area contributed by atoms with E-state index in [-0.39, 0.29) is 6.04 Å². The number of aryl methyl sites for hydroxylation is 1. The van der Waals surface area contributed by atoms with Crippen LogP contribution in [0.15, 0.2) is 40.8 Å². The standard InChI is InChI=1S/C25H32N2S/c1-7-17(8-2)14(4)12-15(5)25-18(9-3)23-20(26)11-10-19-16(6)22(28)13-21(27-25)24(19)23/h7,12-13,20,28H,1,8-11,26H2,2-6H3/b15-12+,17-14+. The van der Waals surface area contributed by atoms with Crippen LogP contribution in [0.4, 0.5) is 0 Å². The zero-order chi connectivity index (χ0) is 20.6. The fourth-order valence-electron chi connectivity index (χ4n) is 4.58. The maximum Gasteiger partial charge on any atom is 0.0727 e. The van der Waals surface area contributed by atoms with Crippen LogP contribution in [0, 0.1) is 6.92 Å². The predicted octanol–water partition coefficient (Wildman–Crippen LogP) is 6.66. The van der Waals surface area contributed by atoms with Gasteiger partial charge in [0.1, 0.15) is 0 Å². The molecular formula is C25H32N2S. The molecule has 0 aliphatic heterocycles. The van der Waals surface area contributed by atoms with Crippen LogP contribution < -0.4 is 5.73 Å². The summed E-state index contributed by atoms with van der Waals surface area (Å²) < 4.78 is 0. The maximum atomic E-state index is 6.64. The van der Waals surface area contributed by atoms with Crippen molar-refractivity contribution < 1.29 is 0 Å². The number of thiol groups is 1. The van der Waals surface area contributed by atoms with Gasteiger partial charge in [0.15, 0.2) is 0 Å². The highest BCUT2D eigenvalue weighted by Gasteiger charge is 2.26. The minimum Gasteiger partial charge on any atom is -0.324 e. The minimum absolute atomic E-state index is 0.0701. The lowest BCUT2D eigenvalue weighted by atomic mass is 9.81. The molecule has 0 bridgehead atoms. The van der Waals surface area contributed by atoms with Gasteiger partial charge in [-0.15, -0.1) is 12.6 Å². The van der Waals surface area contributed by atoms with Crippen LogP contribution in [0.2, 0.25) is 0 Å². The Morgan fingerprint density at radius 3 is 2.68 bits per heavy atom. The first-order chi connectivity index (χ1) is 13.3. The molecule has 1 heterocycles. The molecule has 2 N–H and O–H groups in total. The second-order valence-corrected chi connectivity index (χ2v) is 8.32. The van der Waals surface area contributed by atoms with Crippen molar-refractivity contribution in [3.8, 4) is 0 Å². The number of benzene rings is 1. The maximum absolute atomic E-state index is 6.64. The zero-order valence-electron chi connectivity index (χ0n) is 17.8. The third-order valence-electron chi connectivity index (χ3n) is 6.15. The summed E-state index contributed by atoms with van der Waals surface area (Å²) in [5.41, 5.74) is 17.7. The number of nitrogens with zero attached hydrogens (tertiary/aromatic N) is 1. The van der Waals surface area contributed by atoms with Crippen LogP contribution in [0.25, 0.3) is 16.5 Å². The van der Waals surface area contributed by atoms with Gasteiger partial charge in [0.05, 0.1) is 11.2 Å². The van der Waals surface area contributed by atoms with E-state index >= 15 is 0 Å². The number of nitrogens with two attached hydrogens (primary N) is 1. The Morgan fingerprint density at radius 2 is 2.07 bits per heavy atom. The van der Waals surface area contributed by atoms with Crippen molar-refractivity contribution in [2.45, 2.75) is 71.2 Å². The lowest BCUT2D eigenvalue weighted by molar-refractivity contribution is 0.632. The molecule has 0 saturated carbocycles. The molecule has 2 aromatic rings. The third-order valence-corrected chi connectivity index (χ3v) is 6.62. The van der Waals surface area contributed by atoms with Crippen LogP contribution in [0.5, 0.6) is 0 Å². The molecule has 0 amide bonds. The van der Waals surface area contributed by atoms with E-state index < -0.39 is 0 Å². The zero-order valence-corrected chi connectivity index (χ0v) is 18.7. The van der Waals surface area contributed by atoms with Crippen molar-refractivity contribution in [3.05, 3.63) is 63.9 Å². The molecule has 148 valence electrons. The fraction of sp³-hybridized carbons (Fsp3) is 0.400. The van der Waals surface area contributed by atoms with Crippen molar-refractivity contribution in [2.24, 2.45) is 5.73 Å². The molecule has 1 aliphatic rings. The van der Waals surface area contributed by atoms with Crippen LogP contribution in [0.1, 0.15) is 74.5 Å². The van der Waals surface area contributed by atoms with Gasteiger partial charge < -0.3 is 5.73 Å². The summed E-state index contributed by atoms with van der Waals surface area (Å²) in [7, 11) is 0. The molecule has 0 fully saturated rings. The first kappa shape index (κ1) is 20.9. The van der Waals surface area contributed by atoms with Gasteiger partial charge in [-0.1, -0.05) is 32.6 Å². The average Bonchev–Trinajstić information content (AvgIpc) is 2.67. The Kier molecular flexibility index (Phi) is 6.16. The van der Waals surface area contributed by atoms with Gasteiger partial charge in [0.25, 0.3) is 0 Å². The highest BCUT2D eigenvalue weighted by molar-refractivity contribution is 7.80. The number of aromatic nitrogens is 1. The average molecular weight is 393 g/mol. The highest BCUT2D eigenvalue weighted by atomic mass is 32.1. The summed E-state index contributed by atoms with van der Waals surface area (Å²) in [5.74, 6) is 0. The third kappa shape index (κ3) is 3.46. The summed E-state index contributed by atoms with van der Waals surface area (Å²) in [6.45, 7) is 14.8. The van der Waals surface area contributed by atoms with Gasteiger partial charge in [-0.05, 0) is 91.5 Å². The topological polar surface area (TPSA) is 38.9 Å². The fourth-order valence-corrected chi connectivity index (χ4v) is 4.84. The molecule has 1 aliphatic carbocycles. The van der Waals surface area contributed by atoms with Crippen LogP contribution in [0.3, 0.4) is 0 Å². The molecule has 3 rings (SSSR count). The summed E-state index contributed by atoms with van der Waals surface area (Å²) in [6.07, 6.45) is 8.09. The number of hydrogen-bond donors (Lipinski definition) is 2. The van der Waals surface area contributed by atoms with E-state index in [0.717, 1.165) is 41.8 Å². The molecule has 0 saturated heterocycles. The lowest BCUT2D eigenvalue weighted by Gasteiger charge is -2.28. The molecule has 2 nitrogen and oxygen atoms in total. The van der Waals surface area contributed by atoms with Gasteiger partial charge in [0.2, 0.25) is 0 Å². The van der Waals surface area contributed by atoms with E-state index in [1.54, 1.807) is 0 Å². The van der Waals surface area contributed by atoms with Crippen LogP contribution in [-0.2, 0) is 12.8 Å². The Bertz CT molecular complexity index is 1010. The van der Waals surface area contributed by atoms with E-state index in [2.05, 4.69) is 53.3 Å². The quantitative estimate of drug-likeness (QED) is 0.441. The van der Waals surface area contributed by atoms with E-state index in [0.29, 0.717) is 0 Å². The Morgan fingerprint density at radius 1 is 1.36 bits per heavy atom. The van der Waals surface area contributed by atoms with Crippen LogP contribution in [-0.4, -0.2) is 4.98 Å². The van der Waals surface area contributed by atoms with Gasteiger partial charge in [0, 0.05) is 16.3 Å². The number of rotatable bonds is 5. The molecule has 0 radical (unpaired) electrons. The van der Waals surface area contributed by atoms with Gasteiger partial charge in [-0.2, -0.15) is 0 Å². The largest absolute Gasteiger partial charge is 0.324 e. The lowest BCUT2D eigenvalue weighted by Crippen LogP contribution is -2.21. The first-order valence-electron chi connectivity index (χ1n) is 10.3. The Balaban J connectivity index is 2.35. The van der Waals surface area contributed by atoms with E-state index in [9.17, 15) is 0 Å². The van der Waals surface area contributed by atoms with Crippen molar-refractivity contribution in [2.75, 3.05) is 0 Å². The Labute approximate surface area is 175 Å². The number of allylic oxidation sites excluding steroid dienone is 5. The van der Waals surface area contributed by atoms with E-state index in [4.69, 9.17) is 23.3 Å². The van der Waals surface area contributed by atoms with Crippen molar-refractivity contribution in [3.63, 3.8) is 0 Å². The van der Waals surface area contributed by atoms with E-state index in [1.165, 1.54) is 44.4 Å². The molecule has 1 aromatic heterocycles. The van der Waals surface area contributed by atoms with Gasteiger partial charge in [-0.25, -0.2) is 4.98 Å². The van der Waals surface area contributed by atoms with E-state index in [1.807, 2.05) is 6.08 Å². The summed E-state index contributed by atoms with van der Waals surface area (Å²) in [6, 6.07) is 2.18. The molecule has 1 atom stereocenters. The first-order valence-corrected chi connectivity index (χ1v) is 10.7. The molecule has 3 heteroatoms. The van der Waals surface area contributed by atoms with Gasteiger partial charge >= 0.3 is 0 Å². The smallest absolute Gasteiger partial charge is 0.0727 e. The molecule has 28 heavy (non-hydrogen) atoms. The van der Waals surface area contributed by atoms with Crippen molar-refractivity contribution >= 4 is 29.1 Å².